The van der Waals surface area contributed by atoms with Crippen LogP contribution in [0.1, 0.15) is 39.0 Å². The van der Waals surface area contributed by atoms with E-state index in [4.69, 9.17) is 4.74 Å². The summed E-state index contributed by atoms with van der Waals surface area (Å²) < 4.78 is 7.81. The van der Waals surface area contributed by atoms with Gasteiger partial charge < -0.3 is 15.0 Å². The first kappa shape index (κ1) is 23.0. The minimum Gasteiger partial charge on any atom is -0.497 e. The number of aromatic nitrogens is 4. The summed E-state index contributed by atoms with van der Waals surface area (Å²) in [5.41, 5.74) is 1.54. The zero-order valence-electron chi connectivity index (χ0n) is 19.4. The van der Waals surface area contributed by atoms with Gasteiger partial charge in [-0.05, 0) is 62.6 Å². The molecule has 1 aromatic carbocycles. The summed E-state index contributed by atoms with van der Waals surface area (Å²) in [4.78, 5) is 27.8. The lowest BCUT2D eigenvalue weighted by molar-refractivity contribution is -0.121. The van der Waals surface area contributed by atoms with E-state index in [1.165, 1.54) is 41.2 Å². The second-order valence-corrected chi connectivity index (χ2v) is 8.48. The van der Waals surface area contributed by atoms with Crippen molar-refractivity contribution < 1.29 is 9.53 Å². The number of benzene rings is 1. The van der Waals surface area contributed by atoms with Crippen LogP contribution in [0.3, 0.4) is 0 Å². The summed E-state index contributed by atoms with van der Waals surface area (Å²) in [5, 5.41) is 11.5. The highest BCUT2D eigenvalue weighted by Gasteiger charge is 2.20. The number of hydrogen-bond acceptors (Lipinski definition) is 6. The zero-order chi connectivity index (χ0) is 23.2. The SMILES string of the molecule is CC[C@H]1CCCCN1CCCNC(=O)Cn1ncn2nc(-c3ccc(OC)cc3)cc2c1=O. The molecule has 176 valence electrons. The zero-order valence-corrected chi connectivity index (χ0v) is 19.4. The maximum Gasteiger partial charge on any atom is 0.293 e. The fourth-order valence-electron chi connectivity index (χ4n) is 4.47. The van der Waals surface area contributed by atoms with Gasteiger partial charge in [0.15, 0.2) is 0 Å². The summed E-state index contributed by atoms with van der Waals surface area (Å²) in [6, 6.07) is 9.83. The van der Waals surface area contributed by atoms with Crippen LogP contribution >= 0.6 is 0 Å². The van der Waals surface area contributed by atoms with Crippen molar-refractivity contribution in [2.24, 2.45) is 0 Å². The van der Waals surface area contributed by atoms with Gasteiger partial charge in [-0.3, -0.25) is 9.59 Å². The minimum absolute atomic E-state index is 0.111. The van der Waals surface area contributed by atoms with Gasteiger partial charge in [0.25, 0.3) is 5.56 Å². The highest BCUT2D eigenvalue weighted by atomic mass is 16.5. The van der Waals surface area contributed by atoms with Crippen LogP contribution in [-0.4, -0.2) is 63.0 Å². The fourth-order valence-corrected chi connectivity index (χ4v) is 4.47. The minimum atomic E-state index is -0.348. The first-order chi connectivity index (χ1) is 16.1. The molecule has 0 aliphatic carbocycles. The predicted molar refractivity (Wildman–Crippen MR) is 126 cm³/mol. The van der Waals surface area contributed by atoms with Gasteiger partial charge >= 0.3 is 0 Å². The van der Waals surface area contributed by atoms with Gasteiger partial charge in [-0.15, -0.1) is 0 Å². The van der Waals surface area contributed by atoms with Crippen molar-refractivity contribution in [1.29, 1.82) is 0 Å². The number of nitrogens with one attached hydrogen (secondary N) is 1. The normalized spacial score (nSPS) is 16.7. The highest BCUT2D eigenvalue weighted by molar-refractivity contribution is 5.75. The van der Waals surface area contributed by atoms with E-state index in [0.717, 1.165) is 30.8 Å². The fraction of sp³-hybridized carbons (Fsp3) is 0.500. The molecule has 1 N–H and O–H groups in total. The molecule has 3 heterocycles. The van der Waals surface area contributed by atoms with Crippen molar-refractivity contribution in [3.05, 3.63) is 47.0 Å². The second-order valence-electron chi connectivity index (χ2n) is 8.48. The monoisotopic (exact) mass is 452 g/mol. The summed E-state index contributed by atoms with van der Waals surface area (Å²) in [6.07, 6.45) is 7.38. The molecule has 0 unspecified atom stereocenters. The lowest BCUT2D eigenvalue weighted by atomic mass is 10.00. The van der Waals surface area contributed by atoms with Crippen molar-refractivity contribution in [2.75, 3.05) is 26.7 Å². The Morgan fingerprint density at radius 3 is 2.82 bits per heavy atom. The highest BCUT2D eigenvalue weighted by Crippen LogP contribution is 2.21. The lowest BCUT2D eigenvalue weighted by Gasteiger charge is -2.35. The molecule has 33 heavy (non-hydrogen) atoms. The maximum absolute atomic E-state index is 12.8. The Morgan fingerprint density at radius 2 is 2.06 bits per heavy atom. The topological polar surface area (TPSA) is 93.8 Å². The van der Waals surface area contributed by atoms with Crippen molar-refractivity contribution >= 4 is 11.4 Å². The number of ether oxygens (including phenoxy) is 1. The molecule has 9 heteroatoms. The molecule has 0 radical (unpaired) electrons. The van der Waals surface area contributed by atoms with Gasteiger partial charge in [-0.25, -0.2) is 9.20 Å². The number of hydrogen-bond donors (Lipinski definition) is 1. The Labute approximate surface area is 193 Å². The van der Waals surface area contributed by atoms with E-state index in [1.54, 1.807) is 13.2 Å². The molecule has 0 spiro atoms. The third kappa shape index (κ3) is 5.42. The standard InChI is InChI=1S/C24H32N6O3/c1-3-19-7-4-5-13-28(19)14-6-12-25-23(31)16-29-24(32)22-15-21(27-30(22)17-26-29)18-8-10-20(33-2)11-9-18/h8-11,15,17,19H,3-7,12-14,16H2,1-2H3,(H,25,31)/t19-/m0/s1. The van der Waals surface area contributed by atoms with Gasteiger partial charge in [-0.2, -0.15) is 10.2 Å². The van der Waals surface area contributed by atoms with E-state index in [1.807, 2.05) is 24.3 Å². The molecule has 1 amide bonds. The van der Waals surface area contributed by atoms with Crippen molar-refractivity contribution in [2.45, 2.75) is 51.6 Å². The number of fused-ring (bicyclic) bond motifs is 1. The van der Waals surface area contributed by atoms with Gasteiger partial charge in [0.05, 0.1) is 12.8 Å². The van der Waals surface area contributed by atoms with Crippen molar-refractivity contribution in [3.63, 3.8) is 0 Å². The lowest BCUT2D eigenvalue weighted by Crippen LogP contribution is -2.41. The first-order valence-electron chi connectivity index (χ1n) is 11.7. The smallest absolute Gasteiger partial charge is 0.293 e. The van der Waals surface area contributed by atoms with Crippen LogP contribution in [0.5, 0.6) is 5.75 Å². The predicted octanol–water partition coefficient (Wildman–Crippen LogP) is 2.34. The molecule has 0 bridgehead atoms. The molecule has 1 aliphatic rings. The first-order valence-corrected chi connectivity index (χ1v) is 11.7. The number of carbonyl (C=O) groups is 1. The molecular weight excluding hydrogens is 420 g/mol. The quantitative estimate of drug-likeness (QED) is 0.501. The van der Waals surface area contributed by atoms with Crippen LogP contribution in [-0.2, 0) is 11.3 Å². The molecule has 1 saturated heterocycles. The van der Waals surface area contributed by atoms with Gasteiger partial charge in [0, 0.05) is 24.7 Å². The molecule has 1 atom stereocenters. The van der Waals surface area contributed by atoms with E-state index >= 15 is 0 Å². The van der Waals surface area contributed by atoms with Gasteiger partial charge in [0.1, 0.15) is 24.1 Å². The van der Waals surface area contributed by atoms with Crippen LogP contribution in [0, 0.1) is 0 Å². The van der Waals surface area contributed by atoms with Gasteiger partial charge in [0.2, 0.25) is 5.91 Å². The molecule has 0 saturated carbocycles. The summed E-state index contributed by atoms with van der Waals surface area (Å²) in [6.45, 7) is 4.87. The average Bonchev–Trinajstić information content (AvgIpc) is 3.29. The van der Waals surface area contributed by atoms with E-state index < -0.39 is 0 Å². The molecule has 3 aromatic rings. The summed E-state index contributed by atoms with van der Waals surface area (Å²) >= 11 is 0. The Kier molecular flexibility index (Phi) is 7.39. The number of likely N-dealkylation sites (tertiary alicyclic amines) is 1. The van der Waals surface area contributed by atoms with Crippen LogP contribution in [0.4, 0.5) is 0 Å². The van der Waals surface area contributed by atoms with Crippen LogP contribution in [0.15, 0.2) is 41.5 Å². The number of amides is 1. The Morgan fingerprint density at radius 1 is 1.24 bits per heavy atom. The van der Waals surface area contributed by atoms with E-state index in [9.17, 15) is 9.59 Å². The van der Waals surface area contributed by atoms with Crippen LogP contribution in [0.2, 0.25) is 0 Å². The number of piperidine rings is 1. The molecule has 9 nitrogen and oxygen atoms in total. The molecule has 1 aliphatic heterocycles. The van der Waals surface area contributed by atoms with E-state index in [-0.39, 0.29) is 18.0 Å². The third-order valence-corrected chi connectivity index (χ3v) is 6.33. The largest absolute Gasteiger partial charge is 0.497 e. The average molecular weight is 453 g/mol. The number of carbonyl (C=O) groups excluding carboxylic acids is 1. The number of methoxy groups -OCH3 is 1. The van der Waals surface area contributed by atoms with Crippen LogP contribution in [0.25, 0.3) is 16.8 Å². The van der Waals surface area contributed by atoms with E-state index in [2.05, 4.69) is 27.3 Å². The number of rotatable bonds is 9. The van der Waals surface area contributed by atoms with Crippen molar-refractivity contribution in [3.8, 4) is 17.0 Å². The maximum atomic E-state index is 12.8. The third-order valence-electron chi connectivity index (χ3n) is 6.33. The van der Waals surface area contributed by atoms with Crippen molar-refractivity contribution in [1.82, 2.24) is 29.6 Å². The van der Waals surface area contributed by atoms with E-state index in [0.29, 0.717) is 23.8 Å². The molecule has 1 fully saturated rings. The summed E-state index contributed by atoms with van der Waals surface area (Å²) in [5.74, 6) is 0.535. The number of nitrogens with zero attached hydrogens (tertiary/aromatic N) is 5. The second kappa shape index (κ2) is 10.6. The molecule has 2 aromatic heterocycles. The Balaban J connectivity index is 1.34. The summed E-state index contributed by atoms with van der Waals surface area (Å²) in [7, 11) is 1.61. The molecule has 4 rings (SSSR count). The molecular formula is C24H32N6O3. The van der Waals surface area contributed by atoms with Crippen LogP contribution < -0.4 is 15.6 Å². The van der Waals surface area contributed by atoms with Gasteiger partial charge in [-0.1, -0.05) is 13.3 Å². The Hall–Kier alpha value is -3.20. The Bertz CT molecular complexity index is 1140.